The molecule has 0 aliphatic carbocycles. The minimum absolute atomic E-state index is 0. The van der Waals surface area contributed by atoms with Crippen molar-refractivity contribution in [2.75, 3.05) is 0 Å². The summed E-state index contributed by atoms with van der Waals surface area (Å²) in [6.07, 6.45) is 0. The summed E-state index contributed by atoms with van der Waals surface area (Å²) in [6, 6.07) is 0. The normalized spacial score (nSPS) is 9.71. The van der Waals surface area contributed by atoms with Crippen LogP contribution in [-0.2, 0) is 9.13 Å². The zero-order chi connectivity index (χ0) is 11.7. The fourth-order valence-electron chi connectivity index (χ4n) is 0. The molecule has 9 nitrogen and oxygen atoms in total. The second-order valence-electron chi connectivity index (χ2n) is 1.28. The average molecular weight is 264 g/mol. The van der Waals surface area contributed by atoms with E-state index in [0.717, 1.165) is 6.61 Å². The number of rotatable bonds is 0. The van der Waals surface area contributed by atoms with Crippen molar-refractivity contribution in [3.05, 3.63) is 6.61 Å². The molecule has 14 heavy (non-hydrogen) atoms. The third kappa shape index (κ3) is 1400. The van der Waals surface area contributed by atoms with Gasteiger partial charge in [0.25, 0.3) is 0 Å². The van der Waals surface area contributed by atoms with E-state index in [1.54, 1.807) is 6.92 Å². The molecule has 12 heteroatoms. The van der Waals surface area contributed by atoms with Crippen LogP contribution in [0.15, 0.2) is 0 Å². The smallest absolute Gasteiger partial charge is 0.566 e. The second-order valence-corrected chi connectivity index (χ2v) is 3.34. The van der Waals surface area contributed by atoms with Gasteiger partial charge in [0.05, 0.1) is 0 Å². The average Bonchev–Trinajstić information content (AvgIpc) is 1.52. The van der Waals surface area contributed by atoms with Crippen molar-refractivity contribution in [1.29, 1.82) is 0 Å². The first-order valence-corrected chi connectivity index (χ1v) is 5.53. The molecule has 0 heterocycles. The van der Waals surface area contributed by atoms with E-state index < -0.39 is 15.6 Å². The van der Waals surface area contributed by atoms with E-state index in [0.29, 0.717) is 0 Å². The van der Waals surface area contributed by atoms with Crippen LogP contribution in [0.5, 0.6) is 0 Å². The van der Waals surface area contributed by atoms with E-state index in [1.807, 2.05) is 0 Å². The Morgan fingerprint density at radius 3 is 0.857 bits per heavy atom. The standard InChI is InChI=1S/C2H5O.Na.2H3O4P/c1-2-3;;2*1-5(2,3)4/h2-3H,1H3;;2*(H3,1,2,3,4)/q-1;+1;;. The van der Waals surface area contributed by atoms with Gasteiger partial charge in [-0.25, -0.2) is 15.7 Å². The summed E-state index contributed by atoms with van der Waals surface area (Å²) in [4.78, 5) is 43.1. The molecule has 0 radical (unpaired) electrons. The Balaban J connectivity index is -0.0000000535. The fraction of sp³-hybridized carbons (Fsp3) is 0.500. The van der Waals surface area contributed by atoms with Crippen LogP contribution in [0.2, 0.25) is 0 Å². The van der Waals surface area contributed by atoms with Crippen LogP contribution in [0.4, 0.5) is 0 Å². The first-order chi connectivity index (χ1) is 5.41. The molecule has 7 N–H and O–H groups in total. The van der Waals surface area contributed by atoms with Gasteiger partial charge in [-0.2, -0.15) is 6.92 Å². The van der Waals surface area contributed by atoms with E-state index in [4.69, 9.17) is 43.6 Å². The number of aliphatic hydroxyl groups is 1. The van der Waals surface area contributed by atoms with Gasteiger partial charge in [0.1, 0.15) is 0 Å². The zero-order valence-electron chi connectivity index (χ0n) is 7.42. The largest absolute Gasteiger partial charge is 1.00 e. The summed E-state index contributed by atoms with van der Waals surface area (Å²) < 4.78 is 17.8. The Bertz CT molecular complexity index is 145. The molecule has 0 aliphatic heterocycles. The van der Waals surface area contributed by atoms with Gasteiger partial charge in [-0.1, -0.05) is 0 Å². The van der Waals surface area contributed by atoms with Gasteiger partial charge in [0, 0.05) is 0 Å². The number of phosphoric acid groups is 2. The molecule has 0 spiro atoms. The molecule has 0 atom stereocenters. The summed E-state index contributed by atoms with van der Waals surface area (Å²) in [7, 11) is -9.28. The first-order valence-electron chi connectivity index (χ1n) is 2.40. The molecule has 0 aromatic rings. The molecule has 0 saturated heterocycles. The van der Waals surface area contributed by atoms with Crippen molar-refractivity contribution in [2.45, 2.75) is 6.92 Å². The zero-order valence-corrected chi connectivity index (χ0v) is 11.2. The maximum absolute atomic E-state index is 8.88. The van der Waals surface area contributed by atoms with Gasteiger partial charge in [-0.05, 0) is 0 Å². The van der Waals surface area contributed by atoms with E-state index >= 15 is 0 Å². The fourth-order valence-corrected chi connectivity index (χ4v) is 0. The van der Waals surface area contributed by atoms with Crippen molar-refractivity contribution in [1.82, 2.24) is 0 Å². The molecule has 84 valence electrons. The third-order valence-corrected chi connectivity index (χ3v) is 0. The summed E-state index contributed by atoms with van der Waals surface area (Å²) >= 11 is 0. The van der Waals surface area contributed by atoms with E-state index in [9.17, 15) is 0 Å². The molecular weight excluding hydrogens is 253 g/mol. The quantitative estimate of drug-likeness (QED) is 0.129. The summed E-state index contributed by atoms with van der Waals surface area (Å²) in [5.74, 6) is 0. The van der Waals surface area contributed by atoms with Crippen molar-refractivity contribution in [3.8, 4) is 0 Å². The van der Waals surface area contributed by atoms with Gasteiger partial charge >= 0.3 is 45.2 Å². The number of hydrogen-bond acceptors (Lipinski definition) is 3. The molecule has 0 aliphatic rings. The summed E-state index contributed by atoms with van der Waals surface area (Å²) in [5, 5.41) is 7.44. The van der Waals surface area contributed by atoms with Crippen LogP contribution in [0.1, 0.15) is 6.92 Å². The molecule has 0 unspecified atom stereocenters. The Hall–Kier alpha value is 1.18. The maximum Gasteiger partial charge on any atom is 1.00 e. The maximum atomic E-state index is 8.88. The minimum atomic E-state index is -4.64. The number of hydrogen-bond donors (Lipinski definition) is 7. The predicted octanol–water partition coefficient (Wildman–Crippen LogP) is -4.31. The van der Waals surface area contributed by atoms with Crippen LogP contribution in [0, 0.1) is 6.61 Å². The van der Waals surface area contributed by atoms with E-state index in [-0.39, 0.29) is 29.6 Å². The Labute approximate surface area is 102 Å². The molecule has 0 aromatic heterocycles. The van der Waals surface area contributed by atoms with Crippen molar-refractivity contribution < 1.29 is 73.2 Å². The topological polar surface area (TPSA) is 176 Å². The molecular formula is C2H11NaO9P2. The van der Waals surface area contributed by atoms with Crippen LogP contribution >= 0.6 is 15.6 Å². The molecule has 0 saturated carbocycles. The molecule has 0 fully saturated rings. The third-order valence-electron chi connectivity index (χ3n) is 0. The Kier molecular flexibility index (Phi) is 21.4. The van der Waals surface area contributed by atoms with Gasteiger partial charge in [0.2, 0.25) is 0 Å². The van der Waals surface area contributed by atoms with Gasteiger partial charge in [0.15, 0.2) is 0 Å². The van der Waals surface area contributed by atoms with Crippen LogP contribution in [-0.4, -0.2) is 34.5 Å². The van der Waals surface area contributed by atoms with E-state index in [1.165, 1.54) is 0 Å². The SMILES string of the molecule is C[CH-]O.O=P(O)(O)O.O=P(O)(O)O.[Na+]. The van der Waals surface area contributed by atoms with Gasteiger partial charge in [-0.15, -0.1) is 0 Å². The monoisotopic (exact) mass is 264 g/mol. The van der Waals surface area contributed by atoms with Gasteiger partial charge < -0.3 is 34.5 Å². The van der Waals surface area contributed by atoms with E-state index in [2.05, 4.69) is 0 Å². The van der Waals surface area contributed by atoms with Crippen molar-refractivity contribution in [2.24, 2.45) is 0 Å². The van der Waals surface area contributed by atoms with Crippen LogP contribution in [0.25, 0.3) is 0 Å². The Morgan fingerprint density at radius 2 is 0.857 bits per heavy atom. The minimum Gasteiger partial charge on any atom is -0.566 e. The summed E-state index contributed by atoms with van der Waals surface area (Å²) in [6.45, 7) is 2.56. The molecule has 0 aromatic carbocycles. The van der Waals surface area contributed by atoms with Crippen LogP contribution < -0.4 is 29.6 Å². The molecule has 0 bridgehead atoms. The van der Waals surface area contributed by atoms with Gasteiger partial charge in [-0.3, -0.25) is 0 Å². The predicted molar refractivity (Wildman–Crippen MR) is 40.4 cm³/mol. The number of aliphatic hydroxyl groups excluding tert-OH is 1. The first kappa shape index (κ1) is 24.4. The second kappa shape index (κ2) is 12.3. The molecule has 0 amide bonds. The molecule has 0 rings (SSSR count). The summed E-state index contributed by atoms with van der Waals surface area (Å²) in [5.41, 5.74) is 0. The Morgan fingerprint density at radius 1 is 0.857 bits per heavy atom. The van der Waals surface area contributed by atoms with Crippen molar-refractivity contribution in [3.63, 3.8) is 0 Å². The van der Waals surface area contributed by atoms with Crippen molar-refractivity contribution >= 4 is 15.6 Å². The van der Waals surface area contributed by atoms with Crippen LogP contribution in [0.3, 0.4) is 0 Å².